The van der Waals surface area contributed by atoms with Crippen molar-refractivity contribution in [3.63, 3.8) is 0 Å². The lowest BCUT2D eigenvalue weighted by Gasteiger charge is -2.62. The third-order valence-electron chi connectivity index (χ3n) is 12.0. The summed E-state index contributed by atoms with van der Waals surface area (Å²) in [5.74, 6) is 1.26. The van der Waals surface area contributed by atoms with Crippen molar-refractivity contribution in [1.29, 1.82) is 0 Å². The van der Waals surface area contributed by atoms with Crippen LogP contribution >= 0.6 is 0 Å². The summed E-state index contributed by atoms with van der Waals surface area (Å²) in [7, 11) is 1.69. The van der Waals surface area contributed by atoms with Crippen molar-refractivity contribution in [2.75, 3.05) is 7.11 Å². The number of rotatable bonds is 5. The molecule has 0 aromatic heterocycles. The Morgan fingerprint density at radius 1 is 1.03 bits per heavy atom. The molecule has 0 bridgehead atoms. The zero-order valence-electron chi connectivity index (χ0n) is 23.4. The highest BCUT2D eigenvalue weighted by Crippen LogP contribution is 2.72. The van der Waals surface area contributed by atoms with E-state index in [1.54, 1.807) is 24.3 Å². The van der Waals surface area contributed by atoms with E-state index in [1.807, 2.05) is 19.9 Å². The normalized spacial score (nSPS) is 42.8. The minimum absolute atomic E-state index is 0.0192. The second-order valence-corrected chi connectivity index (χ2v) is 14.1. The van der Waals surface area contributed by atoms with Crippen molar-refractivity contribution in [2.45, 2.75) is 118 Å². The minimum Gasteiger partial charge on any atom is -0.393 e. The number of ketones is 1. The highest BCUT2D eigenvalue weighted by atomic mass is 16.5. The standard InChI is InChI=1S/C31H50O3/c1-20(24(32)14-16-27(2,3)34-9)21-12-18-31(8)23-10-11-25-28(4,5)26(33)15-17-29(25,6)22(23)13-19-30(21,31)7/h14,16,20-21,25-26,33H,10-13,15,17-19H2,1-9H3/b16-14+/t20?,21-,25-,26-,29+,30+,31-/m0/s1. The van der Waals surface area contributed by atoms with E-state index < -0.39 is 5.60 Å². The first-order valence-electron chi connectivity index (χ1n) is 13.8. The second kappa shape index (κ2) is 8.30. The monoisotopic (exact) mass is 470 g/mol. The SMILES string of the molecule is COC(C)(C)/C=C/C(=O)C(C)[C@@H]1CC[C@@]2(C)C3=C(CC[C@]12C)[C@@]1(C)CC[C@H](O)C(C)(C)[C@@H]1CC3. The Morgan fingerprint density at radius 2 is 1.71 bits per heavy atom. The summed E-state index contributed by atoms with van der Waals surface area (Å²) in [6, 6.07) is 0. The van der Waals surface area contributed by atoms with Gasteiger partial charge in [0.1, 0.15) is 0 Å². The Morgan fingerprint density at radius 3 is 2.35 bits per heavy atom. The van der Waals surface area contributed by atoms with Gasteiger partial charge in [-0.1, -0.05) is 52.7 Å². The molecular weight excluding hydrogens is 420 g/mol. The van der Waals surface area contributed by atoms with Gasteiger partial charge in [-0.05, 0) is 111 Å². The van der Waals surface area contributed by atoms with Gasteiger partial charge in [-0.3, -0.25) is 4.79 Å². The molecule has 1 unspecified atom stereocenters. The Hall–Kier alpha value is -0.930. The van der Waals surface area contributed by atoms with Crippen LogP contribution in [-0.2, 0) is 9.53 Å². The molecule has 0 aliphatic heterocycles. The maximum absolute atomic E-state index is 13.3. The van der Waals surface area contributed by atoms with E-state index in [0.717, 1.165) is 19.3 Å². The molecule has 0 amide bonds. The second-order valence-electron chi connectivity index (χ2n) is 14.1. The zero-order chi connectivity index (χ0) is 25.3. The number of hydrogen-bond acceptors (Lipinski definition) is 3. The average molecular weight is 471 g/mol. The molecule has 3 heteroatoms. The molecule has 192 valence electrons. The average Bonchev–Trinajstić information content (AvgIpc) is 3.06. The van der Waals surface area contributed by atoms with Gasteiger partial charge in [-0.25, -0.2) is 0 Å². The first kappa shape index (κ1) is 26.1. The van der Waals surface area contributed by atoms with Crippen molar-refractivity contribution in [1.82, 2.24) is 0 Å². The molecule has 0 spiro atoms. The lowest BCUT2D eigenvalue weighted by molar-refractivity contribution is -0.122. The molecule has 4 aliphatic rings. The van der Waals surface area contributed by atoms with E-state index in [-0.39, 0.29) is 39.5 Å². The van der Waals surface area contributed by atoms with Gasteiger partial charge in [0.05, 0.1) is 11.7 Å². The van der Waals surface area contributed by atoms with Gasteiger partial charge in [0.25, 0.3) is 0 Å². The quantitative estimate of drug-likeness (QED) is 0.339. The molecule has 4 rings (SSSR count). The van der Waals surface area contributed by atoms with Crippen LogP contribution in [0, 0.1) is 39.4 Å². The number of carbonyl (C=O) groups is 1. The smallest absolute Gasteiger partial charge is 0.158 e. The predicted molar refractivity (Wildman–Crippen MR) is 139 cm³/mol. The molecule has 1 N–H and O–H groups in total. The minimum atomic E-state index is -0.413. The van der Waals surface area contributed by atoms with Crippen LogP contribution in [0.4, 0.5) is 0 Å². The molecule has 0 heterocycles. The first-order valence-corrected chi connectivity index (χ1v) is 13.8. The topological polar surface area (TPSA) is 46.5 Å². The van der Waals surface area contributed by atoms with Gasteiger partial charge in [-0.15, -0.1) is 0 Å². The molecule has 0 radical (unpaired) electrons. The van der Waals surface area contributed by atoms with Gasteiger partial charge < -0.3 is 9.84 Å². The van der Waals surface area contributed by atoms with E-state index in [9.17, 15) is 9.90 Å². The van der Waals surface area contributed by atoms with Crippen LogP contribution in [-0.4, -0.2) is 29.7 Å². The number of hydrogen-bond donors (Lipinski definition) is 1. The van der Waals surface area contributed by atoms with E-state index in [1.165, 1.54) is 32.1 Å². The number of ether oxygens (including phenoxy) is 1. The molecule has 3 nitrogen and oxygen atoms in total. The van der Waals surface area contributed by atoms with Gasteiger partial charge in [0.2, 0.25) is 0 Å². The van der Waals surface area contributed by atoms with E-state index in [2.05, 4.69) is 41.5 Å². The fourth-order valence-electron chi connectivity index (χ4n) is 9.22. The lowest BCUT2D eigenvalue weighted by atomic mass is 9.43. The lowest BCUT2D eigenvalue weighted by Crippen LogP contribution is -2.55. The number of allylic oxidation sites excluding steroid dienone is 3. The van der Waals surface area contributed by atoms with Crippen molar-refractivity contribution in [3.05, 3.63) is 23.3 Å². The Balaban J connectivity index is 1.65. The van der Waals surface area contributed by atoms with Crippen molar-refractivity contribution in [2.24, 2.45) is 39.4 Å². The fourth-order valence-corrected chi connectivity index (χ4v) is 9.22. The highest BCUT2D eigenvalue weighted by Gasteiger charge is 2.63. The molecule has 0 aromatic carbocycles. The number of aliphatic hydroxyl groups excluding tert-OH is 1. The maximum Gasteiger partial charge on any atom is 0.158 e. The summed E-state index contributed by atoms with van der Waals surface area (Å²) in [6.07, 6.45) is 12.6. The number of methoxy groups -OCH3 is 1. The van der Waals surface area contributed by atoms with Crippen LogP contribution in [0.1, 0.15) is 107 Å². The fraction of sp³-hybridized carbons (Fsp3) is 0.839. The molecule has 2 saturated carbocycles. The summed E-state index contributed by atoms with van der Waals surface area (Å²) in [6.45, 7) is 18.3. The van der Waals surface area contributed by atoms with Crippen LogP contribution in [0.25, 0.3) is 0 Å². The molecular formula is C31H50O3. The Bertz CT molecular complexity index is 894. The van der Waals surface area contributed by atoms with E-state index in [4.69, 9.17) is 4.74 Å². The molecule has 2 fully saturated rings. The molecule has 0 saturated heterocycles. The van der Waals surface area contributed by atoms with E-state index in [0.29, 0.717) is 11.8 Å². The summed E-state index contributed by atoms with van der Waals surface area (Å²) < 4.78 is 5.49. The summed E-state index contributed by atoms with van der Waals surface area (Å²) in [5.41, 5.74) is 3.62. The summed E-state index contributed by atoms with van der Waals surface area (Å²) in [5, 5.41) is 10.8. The van der Waals surface area contributed by atoms with E-state index >= 15 is 0 Å². The van der Waals surface area contributed by atoms with Crippen molar-refractivity contribution < 1.29 is 14.6 Å². The highest BCUT2D eigenvalue weighted by molar-refractivity contribution is 5.92. The van der Waals surface area contributed by atoms with Crippen LogP contribution in [0.5, 0.6) is 0 Å². The third kappa shape index (κ3) is 3.62. The van der Waals surface area contributed by atoms with Gasteiger partial charge >= 0.3 is 0 Å². The van der Waals surface area contributed by atoms with Crippen LogP contribution in [0.3, 0.4) is 0 Å². The number of aliphatic hydroxyl groups is 1. The van der Waals surface area contributed by atoms with Crippen molar-refractivity contribution >= 4 is 5.78 Å². The molecule has 7 atom stereocenters. The number of fused-ring (bicyclic) bond motifs is 4. The van der Waals surface area contributed by atoms with Crippen molar-refractivity contribution in [3.8, 4) is 0 Å². The van der Waals surface area contributed by atoms with Crippen LogP contribution in [0.2, 0.25) is 0 Å². The van der Waals surface area contributed by atoms with Gasteiger partial charge in [0.15, 0.2) is 5.78 Å². The first-order chi connectivity index (χ1) is 15.6. The Labute approximate surface area is 208 Å². The molecule has 0 aromatic rings. The van der Waals surface area contributed by atoms with Gasteiger partial charge in [0, 0.05) is 13.0 Å². The van der Waals surface area contributed by atoms with Gasteiger partial charge in [-0.2, -0.15) is 0 Å². The maximum atomic E-state index is 13.3. The summed E-state index contributed by atoms with van der Waals surface area (Å²) in [4.78, 5) is 13.3. The number of carbonyl (C=O) groups excluding carboxylic acids is 1. The molecule has 4 aliphatic carbocycles. The summed E-state index contributed by atoms with van der Waals surface area (Å²) >= 11 is 0. The largest absolute Gasteiger partial charge is 0.393 e. The van der Waals surface area contributed by atoms with Crippen LogP contribution < -0.4 is 0 Å². The Kier molecular flexibility index (Phi) is 6.38. The van der Waals surface area contributed by atoms with Crippen LogP contribution in [0.15, 0.2) is 23.3 Å². The third-order valence-corrected chi connectivity index (χ3v) is 12.0. The predicted octanol–water partition coefficient (Wildman–Crippen LogP) is 7.28. The molecule has 34 heavy (non-hydrogen) atoms. The zero-order valence-corrected chi connectivity index (χ0v) is 23.4.